The lowest BCUT2D eigenvalue weighted by Crippen LogP contribution is -2.19. The summed E-state index contributed by atoms with van der Waals surface area (Å²) in [5, 5.41) is 3.59. The highest BCUT2D eigenvalue weighted by molar-refractivity contribution is 5.79. The Morgan fingerprint density at radius 3 is 2.68 bits per heavy atom. The van der Waals surface area contributed by atoms with E-state index in [2.05, 4.69) is 15.1 Å². The molecule has 0 bridgehead atoms. The van der Waals surface area contributed by atoms with Crippen LogP contribution in [0.2, 0.25) is 0 Å². The highest BCUT2D eigenvalue weighted by Crippen LogP contribution is 2.26. The Balaban J connectivity index is 1.99. The third-order valence-electron chi connectivity index (χ3n) is 3.77. The predicted molar refractivity (Wildman–Crippen MR) is 83.6 cm³/mol. The topological polar surface area (TPSA) is 65.1 Å². The van der Waals surface area contributed by atoms with Crippen LogP contribution in [0.15, 0.2) is 47.5 Å². The van der Waals surface area contributed by atoms with Gasteiger partial charge in [0.05, 0.1) is 10.9 Å². The molecular weight excluding hydrogens is 335 g/mol. The highest BCUT2D eigenvalue weighted by Gasteiger charge is 2.36. The van der Waals surface area contributed by atoms with Crippen molar-refractivity contribution in [3.05, 3.63) is 64.5 Å². The fourth-order valence-electron chi connectivity index (χ4n) is 2.62. The molecule has 0 amide bonds. The molecule has 0 aliphatic heterocycles. The van der Waals surface area contributed by atoms with Gasteiger partial charge in [-0.15, -0.1) is 5.10 Å². The summed E-state index contributed by atoms with van der Waals surface area (Å²) in [6.45, 7) is 1.90. The molecule has 4 aromatic rings. The van der Waals surface area contributed by atoms with Gasteiger partial charge in [-0.1, -0.05) is 12.1 Å². The standard InChI is InChI=1S/C16H10F3N5O/c1-9-3-2-4-10(7-9)23-6-5-12-11(13(23)25)8-20-15-21-14(16(17,18)19)22-24(12)15/h2-8H,1H3. The van der Waals surface area contributed by atoms with E-state index in [0.717, 1.165) is 10.1 Å². The highest BCUT2D eigenvalue weighted by atomic mass is 19.4. The van der Waals surface area contributed by atoms with E-state index < -0.39 is 17.6 Å². The number of alkyl halides is 3. The molecule has 0 fully saturated rings. The molecule has 0 saturated heterocycles. The number of aromatic nitrogens is 5. The first kappa shape index (κ1) is 15.3. The number of benzene rings is 1. The monoisotopic (exact) mass is 345 g/mol. The van der Waals surface area contributed by atoms with Gasteiger partial charge in [-0.3, -0.25) is 9.36 Å². The number of pyridine rings is 1. The third kappa shape index (κ3) is 2.44. The molecule has 0 saturated carbocycles. The Kier molecular flexibility index (Phi) is 3.14. The number of rotatable bonds is 1. The molecule has 4 rings (SSSR count). The van der Waals surface area contributed by atoms with E-state index in [9.17, 15) is 18.0 Å². The van der Waals surface area contributed by atoms with E-state index in [4.69, 9.17) is 0 Å². The average molecular weight is 345 g/mol. The molecule has 1 aromatic carbocycles. The minimum Gasteiger partial charge on any atom is -0.284 e. The van der Waals surface area contributed by atoms with Crippen molar-refractivity contribution < 1.29 is 13.2 Å². The Labute approximate surface area is 138 Å². The molecule has 0 atom stereocenters. The molecule has 9 heteroatoms. The van der Waals surface area contributed by atoms with Crippen molar-refractivity contribution in [2.45, 2.75) is 13.1 Å². The van der Waals surface area contributed by atoms with Gasteiger partial charge in [0.2, 0.25) is 0 Å². The number of nitrogens with zero attached hydrogens (tertiary/aromatic N) is 5. The third-order valence-corrected chi connectivity index (χ3v) is 3.77. The van der Waals surface area contributed by atoms with Crippen LogP contribution in [0.4, 0.5) is 13.2 Å². The molecule has 0 aliphatic rings. The lowest BCUT2D eigenvalue weighted by atomic mass is 10.2. The normalized spacial score (nSPS) is 12.2. The lowest BCUT2D eigenvalue weighted by molar-refractivity contribution is -0.144. The second kappa shape index (κ2) is 5.13. The quantitative estimate of drug-likeness (QED) is 0.532. The van der Waals surface area contributed by atoms with Crippen LogP contribution in [0, 0.1) is 6.92 Å². The zero-order chi connectivity index (χ0) is 17.8. The zero-order valence-electron chi connectivity index (χ0n) is 12.8. The predicted octanol–water partition coefficient (Wildman–Crippen LogP) is 2.76. The van der Waals surface area contributed by atoms with Gasteiger partial charge in [-0.2, -0.15) is 22.7 Å². The fourth-order valence-corrected chi connectivity index (χ4v) is 2.62. The van der Waals surface area contributed by atoms with Gasteiger partial charge in [0.25, 0.3) is 17.2 Å². The summed E-state index contributed by atoms with van der Waals surface area (Å²) in [5.74, 6) is -1.51. The molecule has 6 nitrogen and oxygen atoms in total. The van der Waals surface area contributed by atoms with Gasteiger partial charge in [0.15, 0.2) is 0 Å². The molecule has 25 heavy (non-hydrogen) atoms. The van der Waals surface area contributed by atoms with Crippen molar-refractivity contribution in [2.24, 2.45) is 0 Å². The number of aryl methyl sites for hydroxylation is 1. The van der Waals surface area contributed by atoms with Crippen molar-refractivity contribution in [1.29, 1.82) is 0 Å². The van der Waals surface area contributed by atoms with Gasteiger partial charge in [0, 0.05) is 18.1 Å². The van der Waals surface area contributed by atoms with Gasteiger partial charge < -0.3 is 0 Å². The number of hydrogen-bond acceptors (Lipinski definition) is 4. The smallest absolute Gasteiger partial charge is 0.284 e. The summed E-state index contributed by atoms with van der Waals surface area (Å²) in [7, 11) is 0. The van der Waals surface area contributed by atoms with Crippen LogP contribution in [0.1, 0.15) is 11.4 Å². The van der Waals surface area contributed by atoms with E-state index in [-0.39, 0.29) is 16.7 Å². The SMILES string of the molecule is Cc1cccc(-n2ccc3c(cnc4nc(C(F)(F)F)nn43)c2=O)c1. The van der Waals surface area contributed by atoms with Gasteiger partial charge in [-0.25, -0.2) is 4.98 Å². The molecular formula is C16H10F3N5O. The fraction of sp³-hybridized carbons (Fsp3) is 0.125. The van der Waals surface area contributed by atoms with E-state index in [1.54, 1.807) is 6.07 Å². The minimum atomic E-state index is -4.68. The zero-order valence-corrected chi connectivity index (χ0v) is 12.8. The maximum Gasteiger partial charge on any atom is 0.453 e. The average Bonchev–Trinajstić information content (AvgIpc) is 3.00. The number of fused-ring (bicyclic) bond motifs is 3. The first-order valence-corrected chi connectivity index (χ1v) is 7.26. The summed E-state index contributed by atoms with van der Waals surface area (Å²) in [6, 6.07) is 8.83. The molecule has 0 aliphatic carbocycles. The van der Waals surface area contributed by atoms with E-state index in [1.807, 2.05) is 25.1 Å². The molecule has 0 N–H and O–H groups in total. The second-order valence-electron chi connectivity index (χ2n) is 5.53. The largest absolute Gasteiger partial charge is 0.453 e. The van der Waals surface area contributed by atoms with E-state index in [1.165, 1.54) is 23.0 Å². The summed E-state index contributed by atoms with van der Waals surface area (Å²) in [6.07, 6.45) is -1.97. The second-order valence-corrected chi connectivity index (χ2v) is 5.53. The van der Waals surface area contributed by atoms with Crippen LogP contribution in [0.25, 0.3) is 22.4 Å². The molecule has 0 radical (unpaired) electrons. The molecule has 0 spiro atoms. The first-order valence-electron chi connectivity index (χ1n) is 7.26. The summed E-state index contributed by atoms with van der Waals surface area (Å²) in [4.78, 5) is 19.9. The maximum absolute atomic E-state index is 12.8. The van der Waals surface area contributed by atoms with Gasteiger partial charge in [-0.05, 0) is 30.7 Å². The van der Waals surface area contributed by atoms with Crippen LogP contribution in [-0.4, -0.2) is 24.1 Å². The van der Waals surface area contributed by atoms with Crippen molar-refractivity contribution in [1.82, 2.24) is 24.1 Å². The van der Waals surface area contributed by atoms with Crippen molar-refractivity contribution in [3.63, 3.8) is 0 Å². The molecule has 0 unspecified atom stereocenters. The van der Waals surface area contributed by atoms with Crippen LogP contribution in [0.5, 0.6) is 0 Å². The Morgan fingerprint density at radius 1 is 1.16 bits per heavy atom. The van der Waals surface area contributed by atoms with Gasteiger partial charge in [0.1, 0.15) is 0 Å². The first-order chi connectivity index (χ1) is 11.8. The van der Waals surface area contributed by atoms with Crippen molar-refractivity contribution >= 4 is 16.7 Å². The van der Waals surface area contributed by atoms with Crippen LogP contribution in [-0.2, 0) is 6.18 Å². The van der Waals surface area contributed by atoms with Crippen LogP contribution in [0.3, 0.4) is 0 Å². The lowest BCUT2D eigenvalue weighted by Gasteiger charge is -2.08. The molecule has 3 aromatic heterocycles. The Bertz CT molecular complexity index is 1180. The van der Waals surface area contributed by atoms with Crippen LogP contribution >= 0.6 is 0 Å². The van der Waals surface area contributed by atoms with Crippen molar-refractivity contribution in [3.8, 4) is 5.69 Å². The Morgan fingerprint density at radius 2 is 1.96 bits per heavy atom. The number of halogens is 3. The summed E-state index contributed by atoms with van der Waals surface area (Å²) in [5.41, 5.74) is 1.44. The number of hydrogen-bond donors (Lipinski definition) is 0. The van der Waals surface area contributed by atoms with Gasteiger partial charge >= 0.3 is 6.18 Å². The van der Waals surface area contributed by atoms with E-state index >= 15 is 0 Å². The molecule has 126 valence electrons. The minimum absolute atomic E-state index is 0.148. The van der Waals surface area contributed by atoms with Crippen LogP contribution < -0.4 is 5.56 Å². The summed E-state index contributed by atoms with van der Waals surface area (Å²) < 4.78 is 40.7. The summed E-state index contributed by atoms with van der Waals surface area (Å²) >= 11 is 0. The Hall–Kier alpha value is -3.23. The van der Waals surface area contributed by atoms with Crippen molar-refractivity contribution in [2.75, 3.05) is 0 Å². The van der Waals surface area contributed by atoms with E-state index in [0.29, 0.717) is 5.69 Å². The molecule has 3 heterocycles. The maximum atomic E-state index is 12.8.